The van der Waals surface area contributed by atoms with Crippen LogP contribution in [0.3, 0.4) is 0 Å². The molecule has 2 aromatic heterocycles. The van der Waals surface area contributed by atoms with Crippen molar-refractivity contribution in [2.24, 2.45) is 0 Å². The van der Waals surface area contributed by atoms with Crippen molar-refractivity contribution in [2.45, 2.75) is 13.0 Å². The molecule has 3 aromatic rings. The highest BCUT2D eigenvalue weighted by atomic mass is 32.1. The molecule has 124 valence electrons. The van der Waals surface area contributed by atoms with Crippen LogP contribution in [0.25, 0.3) is 11.4 Å². The summed E-state index contributed by atoms with van der Waals surface area (Å²) in [6.45, 7) is 1.82. The summed E-state index contributed by atoms with van der Waals surface area (Å²) in [5.74, 6) is 0.742. The van der Waals surface area contributed by atoms with Crippen LogP contribution in [0, 0.1) is 0 Å². The Morgan fingerprint density at radius 3 is 2.62 bits per heavy atom. The number of benzene rings is 1. The van der Waals surface area contributed by atoms with Gasteiger partial charge in [0, 0.05) is 25.3 Å². The number of anilines is 1. The predicted octanol–water partition coefficient (Wildman–Crippen LogP) is 3.36. The highest BCUT2D eigenvalue weighted by molar-refractivity contribution is 7.12. The zero-order valence-electron chi connectivity index (χ0n) is 13.7. The average molecular weight is 342 g/mol. The van der Waals surface area contributed by atoms with Crippen molar-refractivity contribution in [2.75, 3.05) is 19.0 Å². The van der Waals surface area contributed by atoms with Crippen molar-refractivity contribution in [3.05, 3.63) is 52.5 Å². The van der Waals surface area contributed by atoms with E-state index in [2.05, 4.69) is 15.5 Å². The van der Waals surface area contributed by atoms with E-state index < -0.39 is 0 Å². The van der Waals surface area contributed by atoms with Crippen LogP contribution < -0.4 is 10.2 Å². The molecule has 1 aromatic carbocycles. The van der Waals surface area contributed by atoms with Crippen LogP contribution in [-0.4, -0.2) is 30.1 Å². The standard InChI is InChI=1S/C17H18N4O2S/c1-11(18-16(22)14-5-4-10-24-14)17-19-15(20-23-17)12-6-8-13(9-7-12)21(2)3/h4-11H,1-3H3,(H,18,22)/t11-/m0/s1. The minimum absolute atomic E-state index is 0.146. The molecule has 0 fully saturated rings. The fourth-order valence-corrected chi connectivity index (χ4v) is 2.80. The Bertz CT molecular complexity index is 810. The summed E-state index contributed by atoms with van der Waals surface area (Å²) in [5, 5.41) is 8.72. The van der Waals surface area contributed by atoms with E-state index in [0.29, 0.717) is 16.6 Å². The van der Waals surface area contributed by atoms with Gasteiger partial charge in [0.15, 0.2) is 0 Å². The Morgan fingerprint density at radius 2 is 2.00 bits per heavy atom. The summed E-state index contributed by atoms with van der Waals surface area (Å²) in [7, 11) is 3.97. The number of aromatic nitrogens is 2. The summed E-state index contributed by atoms with van der Waals surface area (Å²) in [4.78, 5) is 19.1. The molecule has 24 heavy (non-hydrogen) atoms. The van der Waals surface area contributed by atoms with Crippen molar-refractivity contribution >= 4 is 22.9 Å². The number of hydrogen-bond donors (Lipinski definition) is 1. The molecule has 3 rings (SSSR count). The number of rotatable bonds is 5. The van der Waals surface area contributed by atoms with Gasteiger partial charge in [-0.2, -0.15) is 4.98 Å². The number of nitrogens with zero attached hydrogens (tertiary/aromatic N) is 3. The lowest BCUT2D eigenvalue weighted by Crippen LogP contribution is -2.26. The summed E-state index contributed by atoms with van der Waals surface area (Å²) in [6, 6.07) is 11.1. The zero-order valence-corrected chi connectivity index (χ0v) is 14.5. The molecule has 1 atom stereocenters. The van der Waals surface area contributed by atoms with Crippen molar-refractivity contribution in [1.29, 1.82) is 0 Å². The van der Waals surface area contributed by atoms with Gasteiger partial charge in [0.2, 0.25) is 11.7 Å². The molecule has 0 saturated heterocycles. The molecule has 0 aliphatic carbocycles. The third kappa shape index (κ3) is 3.46. The van der Waals surface area contributed by atoms with Gasteiger partial charge in [0.25, 0.3) is 5.91 Å². The number of nitrogens with one attached hydrogen (secondary N) is 1. The second-order valence-corrected chi connectivity index (χ2v) is 6.52. The smallest absolute Gasteiger partial charge is 0.261 e. The molecule has 6 nitrogen and oxygen atoms in total. The normalized spacial score (nSPS) is 12.0. The largest absolute Gasteiger partial charge is 0.378 e. The minimum Gasteiger partial charge on any atom is -0.378 e. The third-order valence-electron chi connectivity index (χ3n) is 3.55. The van der Waals surface area contributed by atoms with Gasteiger partial charge >= 0.3 is 0 Å². The monoisotopic (exact) mass is 342 g/mol. The van der Waals surface area contributed by atoms with E-state index in [-0.39, 0.29) is 11.9 Å². The third-order valence-corrected chi connectivity index (χ3v) is 4.42. The summed E-state index contributed by atoms with van der Waals surface area (Å²) < 4.78 is 5.29. The van der Waals surface area contributed by atoms with Gasteiger partial charge in [-0.25, -0.2) is 0 Å². The van der Waals surface area contributed by atoms with E-state index >= 15 is 0 Å². The maximum Gasteiger partial charge on any atom is 0.261 e. The number of carbonyl (C=O) groups is 1. The molecule has 2 heterocycles. The molecule has 0 bridgehead atoms. The first-order chi connectivity index (χ1) is 11.5. The van der Waals surface area contributed by atoms with Gasteiger partial charge in [-0.3, -0.25) is 4.79 Å². The minimum atomic E-state index is -0.359. The fourth-order valence-electron chi connectivity index (χ4n) is 2.17. The van der Waals surface area contributed by atoms with Crippen molar-refractivity contribution in [3.63, 3.8) is 0 Å². The maximum atomic E-state index is 12.1. The second kappa shape index (κ2) is 6.84. The van der Waals surface area contributed by atoms with Gasteiger partial charge < -0.3 is 14.7 Å². The number of hydrogen-bond acceptors (Lipinski definition) is 6. The first-order valence-corrected chi connectivity index (χ1v) is 8.38. The van der Waals surface area contributed by atoms with Crippen LogP contribution in [-0.2, 0) is 0 Å². The molecule has 0 unspecified atom stereocenters. The highest BCUT2D eigenvalue weighted by Gasteiger charge is 2.18. The molecule has 0 radical (unpaired) electrons. The van der Waals surface area contributed by atoms with Crippen molar-refractivity contribution < 1.29 is 9.32 Å². The Kier molecular flexibility index (Phi) is 4.61. The number of amides is 1. The van der Waals surface area contributed by atoms with Crippen LogP contribution in [0.1, 0.15) is 28.5 Å². The number of carbonyl (C=O) groups excluding carboxylic acids is 1. The van der Waals surface area contributed by atoms with Crippen LogP contribution in [0.5, 0.6) is 0 Å². The van der Waals surface area contributed by atoms with Gasteiger partial charge in [-0.15, -0.1) is 11.3 Å². The van der Waals surface area contributed by atoms with Gasteiger partial charge in [-0.05, 0) is 42.6 Å². The number of thiophene rings is 1. The van der Waals surface area contributed by atoms with Gasteiger partial charge in [0.05, 0.1) is 4.88 Å². The van der Waals surface area contributed by atoms with E-state index in [1.54, 1.807) is 6.07 Å². The Morgan fingerprint density at radius 1 is 1.25 bits per heavy atom. The Hall–Kier alpha value is -2.67. The maximum absolute atomic E-state index is 12.1. The average Bonchev–Trinajstić information content (AvgIpc) is 3.26. The van der Waals surface area contributed by atoms with Gasteiger partial charge in [0.1, 0.15) is 6.04 Å². The Labute approximate surface area is 144 Å². The first-order valence-electron chi connectivity index (χ1n) is 7.50. The van der Waals surface area contributed by atoms with Gasteiger partial charge in [-0.1, -0.05) is 11.2 Å². The predicted molar refractivity (Wildman–Crippen MR) is 94.3 cm³/mol. The highest BCUT2D eigenvalue weighted by Crippen LogP contribution is 2.22. The summed E-state index contributed by atoms with van der Waals surface area (Å²) in [5.41, 5.74) is 1.96. The van der Waals surface area contributed by atoms with E-state index in [9.17, 15) is 4.79 Å². The topological polar surface area (TPSA) is 71.3 Å². The van der Waals surface area contributed by atoms with Crippen LogP contribution in [0.4, 0.5) is 5.69 Å². The SMILES string of the molecule is C[C@H](NC(=O)c1cccs1)c1nc(-c2ccc(N(C)C)cc2)no1. The van der Waals surface area contributed by atoms with E-state index in [0.717, 1.165) is 11.3 Å². The van der Waals surface area contributed by atoms with Crippen molar-refractivity contribution in [3.8, 4) is 11.4 Å². The lowest BCUT2D eigenvalue weighted by molar-refractivity contribution is 0.0936. The van der Waals surface area contributed by atoms with Crippen molar-refractivity contribution in [1.82, 2.24) is 15.5 Å². The molecule has 0 spiro atoms. The van der Waals surface area contributed by atoms with Crippen LogP contribution >= 0.6 is 11.3 Å². The lowest BCUT2D eigenvalue weighted by Gasteiger charge is -2.11. The van der Waals surface area contributed by atoms with Crippen LogP contribution in [0.2, 0.25) is 0 Å². The second-order valence-electron chi connectivity index (χ2n) is 5.57. The molecule has 1 amide bonds. The molecule has 0 aliphatic rings. The molecular weight excluding hydrogens is 324 g/mol. The zero-order chi connectivity index (χ0) is 17.1. The van der Waals surface area contributed by atoms with E-state index in [1.807, 2.05) is 61.6 Å². The summed E-state index contributed by atoms with van der Waals surface area (Å²) >= 11 is 1.39. The lowest BCUT2D eigenvalue weighted by atomic mass is 10.2. The molecule has 0 saturated carbocycles. The van der Waals surface area contributed by atoms with Crippen LogP contribution in [0.15, 0.2) is 46.3 Å². The molecule has 7 heteroatoms. The fraction of sp³-hybridized carbons (Fsp3) is 0.235. The summed E-state index contributed by atoms with van der Waals surface area (Å²) in [6.07, 6.45) is 0. The molecular formula is C17H18N4O2S. The van der Waals surface area contributed by atoms with E-state index in [4.69, 9.17) is 4.52 Å². The molecule has 1 N–H and O–H groups in total. The Balaban J connectivity index is 1.71. The quantitative estimate of drug-likeness (QED) is 0.770. The first kappa shape index (κ1) is 16.2. The molecule has 0 aliphatic heterocycles. The van der Waals surface area contributed by atoms with E-state index in [1.165, 1.54) is 11.3 Å².